The van der Waals surface area contributed by atoms with Gasteiger partial charge in [-0.2, -0.15) is 13.2 Å². The van der Waals surface area contributed by atoms with Gasteiger partial charge in [0.2, 0.25) is 0 Å². The summed E-state index contributed by atoms with van der Waals surface area (Å²) in [7, 11) is 0. The van der Waals surface area contributed by atoms with Crippen LogP contribution in [0.4, 0.5) is 18.9 Å². The van der Waals surface area contributed by atoms with E-state index >= 15 is 0 Å². The first-order valence-electron chi connectivity index (χ1n) is 7.99. The van der Waals surface area contributed by atoms with Gasteiger partial charge in [-0.3, -0.25) is 9.88 Å². The van der Waals surface area contributed by atoms with Crippen molar-refractivity contribution in [2.24, 2.45) is 0 Å². The fraction of sp³-hybridized carbons (Fsp3) is 0.389. The molecule has 3 nitrogen and oxygen atoms in total. The molecule has 0 amide bonds. The molecule has 0 fully saturated rings. The van der Waals surface area contributed by atoms with Gasteiger partial charge in [0, 0.05) is 22.4 Å². The average molecular weight is 414 g/mol. The third kappa shape index (κ3) is 3.67. The Morgan fingerprint density at radius 1 is 1.28 bits per heavy atom. The van der Waals surface area contributed by atoms with E-state index in [4.69, 9.17) is 5.73 Å². The molecule has 2 aromatic rings. The van der Waals surface area contributed by atoms with Crippen molar-refractivity contribution < 1.29 is 13.2 Å². The third-order valence-electron chi connectivity index (χ3n) is 4.76. The second-order valence-electron chi connectivity index (χ2n) is 6.49. The Kier molecular flexibility index (Phi) is 4.81. The van der Waals surface area contributed by atoms with E-state index in [2.05, 4.69) is 20.9 Å². The largest absolute Gasteiger partial charge is 0.401 e. The fourth-order valence-corrected chi connectivity index (χ4v) is 3.74. The number of alkyl halides is 3. The number of hydrogen-bond acceptors (Lipinski definition) is 3. The van der Waals surface area contributed by atoms with E-state index in [0.717, 1.165) is 21.2 Å². The lowest BCUT2D eigenvalue weighted by Crippen LogP contribution is -2.47. The van der Waals surface area contributed by atoms with E-state index in [0.29, 0.717) is 17.8 Å². The molecular weight excluding hydrogens is 395 g/mol. The van der Waals surface area contributed by atoms with E-state index in [-0.39, 0.29) is 6.04 Å². The number of nitrogen functional groups attached to an aromatic ring is 1. The average Bonchev–Trinajstić information content (AvgIpc) is 2.52. The van der Waals surface area contributed by atoms with Crippen molar-refractivity contribution in [3.8, 4) is 0 Å². The summed E-state index contributed by atoms with van der Waals surface area (Å²) in [4.78, 5) is 5.86. The summed E-state index contributed by atoms with van der Waals surface area (Å²) in [6, 6.07) is 6.35. The molecule has 0 radical (unpaired) electrons. The monoisotopic (exact) mass is 413 g/mol. The molecule has 0 saturated heterocycles. The van der Waals surface area contributed by atoms with E-state index in [1.807, 2.05) is 19.9 Å². The zero-order chi connectivity index (χ0) is 18.4. The Morgan fingerprint density at radius 3 is 2.60 bits per heavy atom. The topological polar surface area (TPSA) is 42.1 Å². The molecular formula is C18H19BrF3N3. The molecule has 1 aliphatic rings. The summed E-state index contributed by atoms with van der Waals surface area (Å²) < 4.78 is 40.4. The van der Waals surface area contributed by atoms with Gasteiger partial charge in [-0.15, -0.1) is 0 Å². The maximum absolute atomic E-state index is 13.2. The highest BCUT2D eigenvalue weighted by molar-refractivity contribution is 9.10. The number of pyridine rings is 1. The van der Waals surface area contributed by atoms with Gasteiger partial charge in [0.05, 0.1) is 18.3 Å². The van der Waals surface area contributed by atoms with Crippen molar-refractivity contribution in [2.45, 2.75) is 38.5 Å². The van der Waals surface area contributed by atoms with Crippen molar-refractivity contribution in [1.82, 2.24) is 9.88 Å². The molecule has 0 unspecified atom stereocenters. The molecule has 2 N–H and O–H groups in total. The number of benzene rings is 1. The third-order valence-corrected chi connectivity index (χ3v) is 5.23. The van der Waals surface area contributed by atoms with Crippen molar-refractivity contribution in [2.75, 3.05) is 12.3 Å². The summed E-state index contributed by atoms with van der Waals surface area (Å²) in [5.41, 5.74) is 10.1. The van der Waals surface area contributed by atoms with Gasteiger partial charge in [0.15, 0.2) is 0 Å². The van der Waals surface area contributed by atoms with E-state index in [9.17, 15) is 13.2 Å². The first-order valence-corrected chi connectivity index (χ1v) is 8.78. The Labute approximate surface area is 153 Å². The Morgan fingerprint density at radius 2 is 2.00 bits per heavy atom. The summed E-state index contributed by atoms with van der Waals surface area (Å²) in [6.45, 7) is 2.77. The van der Waals surface area contributed by atoms with E-state index < -0.39 is 18.8 Å². The number of fused-ring (bicyclic) bond motifs is 1. The molecule has 0 bridgehead atoms. The minimum Gasteiger partial charge on any atom is -0.399 e. The molecule has 7 heteroatoms. The van der Waals surface area contributed by atoms with E-state index in [1.165, 1.54) is 4.90 Å². The van der Waals surface area contributed by atoms with Gasteiger partial charge < -0.3 is 5.73 Å². The molecule has 1 aliphatic heterocycles. The Balaban J connectivity index is 2.16. The summed E-state index contributed by atoms with van der Waals surface area (Å²) in [5.74, 6) is 0. The lowest BCUT2D eigenvalue weighted by Gasteiger charge is -2.42. The van der Waals surface area contributed by atoms with Crippen molar-refractivity contribution in [3.63, 3.8) is 0 Å². The van der Waals surface area contributed by atoms with Crippen molar-refractivity contribution in [3.05, 3.63) is 57.3 Å². The quantitative estimate of drug-likeness (QED) is 0.729. The van der Waals surface area contributed by atoms with Crippen LogP contribution in [0, 0.1) is 6.92 Å². The van der Waals surface area contributed by atoms with Crippen molar-refractivity contribution in [1.29, 1.82) is 0 Å². The fourth-order valence-electron chi connectivity index (χ4n) is 3.50. The first-order chi connectivity index (χ1) is 11.7. The molecule has 0 aliphatic carbocycles. The normalized spacial score (nSPS) is 21.2. The molecule has 25 heavy (non-hydrogen) atoms. The summed E-state index contributed by atoms with van der Waals surface area (Å²) in [6.07, 6.45) is -2.12. The number of aromatic nitrogens is 1. The smallest absolute Gasteiger partial charge is 0.399 e. The van der Waals surface area contributed by atoms with Gasteiger partial charge in [-0.05, 0) is 71.1 Å². The number of hydrogen-bond donors (Lipinski definition) is 1. The predicted octanol–water partition coefficient (Wildman–Crippen LogP) is 4.63. The summed E-state index contributed by atoms with van der Waals surface area (Å²) >= 11 is 3.33. The minimum absolute atomic E-state index is 0.273. The van der Waals surface area contributed by atoms with Crippen LogP contribution in [-0.4, -0.2) is 28.6 Å². The van der Waals surface area contributed by atoms with Gasteiger partial charge in [0.25, 0.3) is 0 Å². The first kappa shape index (κ1) is 18.2. The molecule has 1 aromatic heterocycles. The van der Waals surface area contributed by atoms with Gasteiger partial charge in [-0.1, -0.05) is 6.07 Å². The molecule has 134 valence electrons. The highest BCUT2D eigenvalue weighted by Gasteiger charge is 2.41. The Hall–Kier alpha value is -1.60. The van der Waals surface area contributed by atoms with Crippen LogP contribution in [0.25, 0.3) is 0 Å². The molecule has 2 heterocycles. The molecule has 1 aromatic carbocycles. The van der Waals surface area contributed by atoms with Crippen LogP contribution in [0.1, 0.15) is 35.3 Å². The lowest BCUT2D eigenvalue weighted by molar-refractivity contribution is -0.155. The van der Waals surface area contributed by atoms with Crippen LogP contribution in [0.15, 0.2) is 34.9 Å². The number of nitrogens with zero attached hydrogens (tertiary/aromatic N) is 2. The number of nitrogens with two attached hydrogens (primary N) is 1. The molecule has 0 spiro atoms. The van der Waals surface area contributed by atoms with Gasteiger partial charge in [0.1, 0.15) is 0 Å². The standard InChI is InChI=1S/C18H19BrF3N3/c1-10-7-14-11(2)15(23)5-4-13(14)17(25(10)9-18(20,21)22)16-6-3-12(19)8-24-16/h3-6,8,10,17H,7,9,23H2,1-2H3/t10-,17+/m1/s1. The minimum atomic E-state index is -4.28. The maximum Gasteiger partial charge on any atom is 0.401 e. The van der Waals surface area contributed by atoms with E-state index in [1.54, 1.807) is 24.4 Å². The van der Waals surface area contributed by atoms with Crippen LogP contribution in [0.2, 0.25) is 0 Å². The lowest BCUT2D eigenvalue weighted by atomic mass is 9.84. The van der Waals surface area contributed by atoms with Crippen LogP contribution in [0.3, 0.4) is 0 Å². The van der Waals surface area contributed by atoms with Gasteiger partial charge in [-0.25, -0.2) is 0 Å². The summed E-state index contributed by atoms with van der Waals surface area (Å²) in [5, 5.41) is 0. The molecule has 0 saturated carbocycles. The zero-order valence-electron chi connectivity index (χ0n) is 13.9. The second kappa shape index (κ2) is 6.61. The van der Waals surface area contributed by atoms with Crippen LogP contribution in [-0.2, 0) is 6.42 Å². The van der Waals surface area contributed by atoms with Crippen LogP contribution in [0.5, 0.6) is 0 Å². The molecule has 2 atom stereocenters. The van der Waals surface area contributed by atoms with Crippen LogP contribution >= 0.6 is 15.9 Å². The zero-order valence-corrected chi connectivity index (χ0v) is 15.5. The predicted molar refractivity (Wildman–Crippen MR) is 95.3 cm³/mol. The highest BCUT2D eigenvalue weighted by atomic mass is 79.9. The number of anilines is 1. The second-order valence-corrected chi connectivity index (χ2v) is 7.41. The Bertz CT molecular complexity index is 774. The maximum atomic E-state index is 13.2. The van der Waals surface area contributed by atoms with Crippen molar-refractivity contribution >= 4 is 21.6 Å². The van der Waals surface area contributed by atoms with Crippen LogP contribution < -0.4 is 5.73 Å². The number of rotatable bonds is 2. The highest BCUT2D eigenvalue weighted by Crippen LogP contribution is 2.41. The number of halogens is 4. The SMILES string of the molecule is Cc1c(N)ccc2c1C[C@@H](C)N(CC(F)(F)F)[C@@H]2c1ccc(Br)cn1. The molecule has 3 rings (SSSR count). The van der Waals surface area contributed by atoms with Gasteiger partial charge >= 0.3 is 6.18 Å².